The average Bonchev–Trinajstić information content (AvgIpc) is 2.37. The smallest absolute Gasteiger partial charge is 0.252 e. The third kappa shape index (κ3) is 3.04. The lowest BCUT2D eigenvalue weighted by Gasteiger charge is -2.24. The van der Waals surface area contributed by atoms with Crippen LogP contribution in [0.25, 0.3) is 0 Å². The molecule has 0 saturated heterocycles. The third-order valence-electron chi connectivity index (χ3n) is 2.88. The molecule has 1 aromatic carbocycles. The number of halogens is 1. The monoisotopic (exact) mass is 234 g/mol. The summed E-state index contributed by atoms with van der Waals surface area (Å²) in [6, 6.07) is 7.37. The molecule has 1 rings (SSSR count). The van der Waals surface area contributed by atoms with Gasteiger partial charge in [-0.2, -0.15) is 5.26 Å². The average molecular weight is 234 g/mol. The Morgan fingerprint density at radius 3 is 2.29 bits per heavy atom. The van der Waals surface area contributed by atoms with Crippen molar-refractivity contribution >= 4 is 5.91 Å². The highest BCUT2D eigenvalue weighted by atomic mass is 19.1. The van der Waals surface area contributed by atoms with E-state index in [0.29, 0.717) is 18.4 Å². The summed E-state index contributed by atoms with van der Waals surface area (Å²) >= 11 is 0. The van der Waals surface area contributed by atoms with Gasteiger partial charge in [0.2, 0.25) is 0 Å². The molecule has 0 heterocycles. The van der Waals surface area contributed by atoms with E-state index in [1.807, 2.05) is 13.8 Å². The van der Waals surface area contributed by atoms with Crippen molar-refractivity contribution in [1.29, 1.82) is 5.26 Å². The van der Waals surface area contributed by atoms with Gasteiger partial charge in [0.05, 0.1) is 6.07 Å². The molecule has 0 aliphatic heterocycles. The van der Waals surface area contributed by atoms with Crippen molar-refractivity contribution in [2.24, 2.45) is 0 Å². The molecule has 0 unspecified atom stereocenters. The molecule has 0 aliphatic carbocycles. The second-order valence-corrected chi connectivity index (χ2v) is 3.86. The van der Waals surface area contributed by atoms with Crippen LogP contribution in [0, 0.1) is 17.1 Å². The quantitative estimate of drug-likeness (QED) is 0.870. The Labute approximate surface area is 100 Å². The molecule has 0 bridgehead atoms. The first-order chi connectivity index (χ1) is 8.06. The number of nitrogens with one attached hydrogen (secondary N) is 1. The van der Waals surface area contributed by atoms with E-state index in [2.05, 4.69) is 11.4 Å². The molecule has 0 radical (unpaired) electrons. The van der Waals surface area contributed by atoms with Gasteiger partial charge in [0, 0.05) is 5.56 Å². The van der Waals surface area contributed by atoms with Gasteiger partial charge in [-0.3, -0.25) is 4.79 Å². The van der Waals surface area contributed by atoms with Gasteiger partial charge in [0.1, 0.15) is 11.4 Å². The fourth-order valence-electron chi connectivity index (χ4n) is 1.50. The molecular formula is C13H15FN2O. The Morgan fingerprint density at radius 1 is 1.35 bits per heavy atom. The van der Waals surface area contributed by atoms with Crippen molar-refractivity contribution < 1.29 is 9.18 Å². The minimum atomic E-state index is -0.842. The van der Waals surface area contributed by atoms with Crippen LogP contribution in [0.3, 0.4) is 0 Å². The minimum absolute atomic E-state index is 0.352. The Hall–Kier alpha value is -1.89. The highest BCUT2D eigenvalue weighted by Gasteiger charge is 2.27. The van der Waals surface area contributed by atoms with Gasteiger partial charge < -0.3 is 5.32 Å². The van der Waals surface area contributed by atoms with Crippen molar-refractivity contribution in [3.8, 4) is 6.07 Å². The highest BCUT2D eigenvalue weighted by molar-refractivity contribution is 5.94. The number of rotatable bonds is 4. The van der Waals surface area contributed by atoms with Gasteiger partial charge in [-0.25, -0.2) is 4.39 Å². The summed E-state index contributed by atoms with van der Waals surface area (Å²) in [4.78, 5) is 11.9. The lowest BCUT2D eigenvalue weighted by Crippen LogP contribution is -2.46. The number of nitrogens with zero attached hydrogens (tertiary/aromatic N) is 1. The van der Waals surface area contributed by atoms with Crippen LogP contribution in [-0.2, 0) is 0 Å². The number of carbonyl (C=O) groups is 1. The van der Waals surface area contributed by atoms with Crippen molar-refractivity contribution in [2.75, 3.05) is 0 Å². The number of carbonyl (C=O) groups excluding carboxylic acids is 1. The fraction of sp³-hybridized carbons (Fsp3) is 0.385. The Bertz CT molecular complexity index is 430. The van der Waals surface area contributed by atoms with Gasteiger partial charge in [-0.15, -0.1) is 0 Å². The van der Waals surface area contributed by atoms with Crippen LogP contribution in [0.15, 0.2) is 24.3 Å². The first-order valence-corrected chi connectivity index (χ1v) is 5.56. The predicted octanol–water partition coefficient (Wildman–Crippen LogP) is 2.64. The Balaban J connectivity index is 2.85. The lowest BCUT2D eigenvalue weighted by atomic mass is 9.94. The van der Waals surface area contributed by atoms with Crippen molar-refractivity contribution in [1.82, 2.24) is 5.32 Å². The van der Waals surface area contributed by atoms with Crippen molar-refractivity contribution in [3.63, 3.8) is 0 Å². The molecule has 17 heavy (non-hydrogen) atoms. The summed E-state index contributed by atoms with van der Waals surface area (Å²) in [5.74, 6) is -0.741. The largest absolute Gasteiger partial charge is 0.334 e. The van der Waals surface area contributed by atoms with Gasteiger partial charge in [0.15, 0.2) is 0 Å². The Morgan fingerprint density at radius 2 is 1.88 bits per heavy atom. The molecule has 3 nitrogen and oxygen atoms in total. The van der Waals surface area contributed by atoms with Crippen LogP contribution >= 0.6 is 0 Å². The topological polar surface area (TPSA) is 52.9 Å². The zero-order valence-corrected chi connectivity index (χ0v) is 9.96. The Kier molecular flexibility index (Phi) is 4.22. The van der Waals surface area contributed by atoms with E-state index in [0.717, 1.165) is 0 Å². The van der Waals surface area contributed by atoms with E-state index in [4.69, 9.17) is 5.26 Å². The van der Waals surface area contributed by atoms with E-state index in [9.17, 15) is 9.18 Å². The van der Waals surface area contributed by atoms with E-state index in [-0.39, 0.29) is 11.7 Å². The molecular weight excluding hydrogens is 219 g/mol. The molecule has 0 aromatic heterocycles. The first-order valence-electron chi connectivity index (χ1n) is 5.56. The molecule has 0 atom stereocenters. The number of amides is 1. The standard InChI is InChI=1S/C13H15FN2O/c1-3-13(4-2,9-15)16-12(17)10-5-7-11(14)8-6-10/h5-8H,3-4H2,1-2H3,(H,16,17). The van der Waals surface area contributed by atoms with Gasteiger partial charge >= 0.3 is 0 Å². The molecule has 90 valence electrons. The van der Waals surface area contributed by atoms with Crippen LogP contribution in [0.1, 0.15) is 37.0 Å². The first kappa shape index (κ1) is 13.2. The maximum atomic E-state index is 12.7. The van der Waals surface area contributed by atoms with Gasteiger partial charge in [-0.1, -0.05) is 13.8 Å². The molecule has 1 aromatic rings. The molecule has 1 N–H and O–H groups in total. The van der Waals surface area contributed by atoms with Crippen molar-refractivity contribution in [3.05, 3.63) is 35.6 Å². The normalized spacial score (nSPS) is 10.7. The summed E-state index contributed by atoms with van der Waals surface area (Å²) in [5.41, 5.74) is -0.487. The lowest BCUT2D eigenvalue weighted by molar-refractivity contribution is 0.0915. The summed E-state index contributed by atoms with van der Waals surface area (Å²) in [6.07, 6.45) is 1.07. The van der Waals surface area contributed by atoms with Crippen LogP contribution in [0.4, 0.5) is 4.39 Å². The maximum absolute atomic E-state index is 12.7. The molecule has 1 amide bonds. The fourth-order valence-corrected chi connectivity index (χ4v) is 1.50. The van der Waals surface area contributed by atoms with E-state index < -0.39 is 5.54 Å². The summed E-state index contributed by atoms with van der Waals surface area (Å²) in [7, 11) is 0. The number of nitriles is 1. The summed E-state index contributed by atoms with van der Waals surface area (Å²) in [5, 5.41) is 11.8. The van der Waals surface area contributed by atoms with Crippen LogP contribution in [0.5, 0.6) is 0 Å². The molecule has 0 saturated carbocycles. The van der Waals surface area contributed by atoms with E-state index >= 15 is 0 Å². The second kappa shape index (κ2) is 5.44. The summed E-state index contributed by atoms with van der Waals surface area (Å²) < 4.78 is 12.7. The molecule has 0 fully saturated rings. The molecule has 4 heteroatoms. The van der Waals surface area contributed by atoms with Crippen LogP contribution in [-0.4, -0.2) is 11.4 Å². The molecule has 0 aliphatic rings. The van der Waals surface area contributed by atoms with E-state index in [1.54, 1.807) is 0 Å². The second-order valence-electron chi connectivity index (χ2n) is 3.86. The van der Waals surface area contributed by atoms with Gasteiger partial charge in [0.25, 0.3) is 5.91 Å². The minimum Gasteiger partial charge on any atom is -0.334 e. The SMILES string of the molecule is CCC(C#N)(CC)NC(=O)c1ccc(F)cc1. The maximum Gasteiger partial charge on any atom is 0.252 e. The van der Waals surface area contributed by atoms with Crippen LogP contribution < -0.4 is 5.32 Å². The third-order valence-corrected chi connectivity index (χ3v) is 2.88. The number of hydrogen-bond donors (Lipinski definition) is 1. The van der Waals surface area contributed by atoms with E-state index in [1.165, 1.54) is 24.3 Å². The number of benzene rings is 1. The zero-order valence-electron chi connectivity index (χ0n) is 9.96. The summed E-state index contributed by atoms with van der Waals surface area (Å²) in [6.45, 7) is 3.69. The number of hydrogen-bond acceptors (Lipinski definition) is 2. The predicted molar refractivity (Wildman–Crippen MR) is 62.8 cm³/mol. The highest BCUT2D eigenvalue weighted by Crippen LogP contribution is 2.15. The zero-order chi connectivity index (χ0) is 12.9. The van der Waals surface area contributed by atoms with Gasteiger partial charge in [-0.05, 0) is 37.1 Å². The van der Waals surface area contributed by atoms with Crippen LogP contribution in [0.2, 0.25) is 0 Å². The molecule has 0 spiro atoms. The van der Waals surface area contributed by atoms with Crippen molar-refractivity contribution in [2.45, 2.75) is 32.2 Å².